The van der Waals surface area contributed by atoms with Gasteiger partial charge in [-0.2, -0.15) is 0 Å². The molecule has 0 fully saturated rings. The van der Waals surface area contributed by atoms with Crippen LogP contribution in [0.15, 0.2) is 41.3 Å². The summed E-state index contributed by atoms with van der Waals surface area (Å²) in [5.41, 5.74) is 5.11. The summed E-state index contributed by atoms with van der Waals surface area (Å²) in [6.07, 6.45) is 2.12. The van der Waals surface area contributed by atoms with E-state index in [9.17, 15) is 4.79 Å². The third-order valence-corrected chi connectivity index (χ3v) is 4.91. The molecule has 0 saturated carbocycles. The second-order valence-electron chi connectivity index (χ2n) is 6.48. The number of fused-ring (bicyclic) bond motifs is 2. The van der Waals surface area contributed by atoms with Gasteiger partial charge >= 0.3 is 0 Å². The molecule has 1 atom stereocenters. The summed E-state index contributed by atoms with van der Waals surface area (Å²) < 4.78 is 7.84. The summed E-state index contributed by atoms with van der Waals surface area (Å²) in [5.74, 6) is 0.781. The normalized spacial score (nSPS) is 19.1. The Morgan fingerprint density at radius 2 is 2.21 bits per heavy atom. The number of rotatable bonds is 2. The van der Waals surface area contributed by atoms with Crippen LogP contribution in [0, 0.1) is 0 Å². The third-order valence-electron chi connectivity index (χ3n) is 4.91. The van der Waals surface area contributed by atoms with Gasteiger partial charge in [-0.05, 0) is 37.8 Å². The lowest BCUT2D eigenvalue weighted by atomic mass is 9.93. The number of hydrogen-bond acceptors (Lipinski definition) is 4. The van der Waals surface area contributed by atoms with E-state index in [1.165, 1.54) is 0 Å². The number of anilines is 1. The van der Waals surface area contributed by atoms with Crippen LogP contribution in [0.3, 0.4) is 0 Å². The molecule has 0 aliphatic carbocycles. The van der Waals surface area contributed by atoms with E-state index in [2.05, 4.69) is 35.9 Å². The SMILES string of the molecule is C=C1C=C(C)c2cc3ccc(=O)n(C)c3c3c2N1C(CNC)CO3. The summed E-state index contributed by atoms with van der Waals surface area (Å²) in [5, 5.41) is 4.24. The Balaban J connectivity index is 2.09. The number of allylic oxidation sites excluding steroid dienone is 2. The first-order chi connectivity index (χ1) is 11.5. The molecule has 2 aliphatic rings. The number of aryl methyl sites for hydroxylation is 1. The highest BCUT2D eigenvalue weighted by Crippen LogP contribution is 2.48. The number of aromatic nitrogens is 1. The minimum atomic E-state index is -0.0342. The Kier molecular flexibility index (Phi) is 3.28. The number of likely N-dealkylation sites (N-methyl/N-ethyl adjacent to an activating group) is 1. The van der Waals surface area contributed by atoms with Crippen LogP contribution < -0.4 is 20.5 Å². The van der Waals surface area contributed by atoms with Crippen LogP contribution in [0.4, 0.5) is 5.69 Å². The topological polar surface area (TPSA) is 46.5 Å². The third kappa shape index (κ3) is 1.94. The predicted molar refractivity (Wildman–Crippen MR) is 97.7 cm³/mol. The van der Waals surface area contributed by atoms with E-state index < -0.39 is 0 Å². The number of nitrogens with zero attached hydrogens (tertiary/aromatic N) is 2. The Hall–Kier alpha value is -2.53. The predicted octanol–water partition coefficient (Wildman–Crippen LogP) is 2.26. The molecule has 1 aromatic carbocycles. The average molecular weight is 323 g/mol. The van der Waals surface area contributed by atoms with Crippen molar-refractivity contribution in [3.8, 4) is 5.75 Å². The van der Waals surface area contributed by atoms with E-state index in [1.807, 2.05) is 13.1 Å². The lowest BCUT2D eigenvalue weighted by Gasteiger charge is -2.43. The molecule has 2 aromatic rings. The Labute approximate surface area is 140 Å². The van der Waals surface area contributed by atoms with Crippen LogP contribution in [-0.4, -0.2) is 30.8 Å². The minimum Gasteiger partial charge on any atom is -0.487 e. The second kappa shape index (κ2) is 5.24. The van der Waals surface area contributed by atoms with Crippen LogP contribution >= 0.6 is 0 Å². The van der Waals surface area contributed by atoms with Gasteiger partial charge in [0.05, 0.1) is 17.2 Å². The fraction of sp³-hybridized carbons (Fsp3) is 0.316. The molecular formula is C19H21N3O2. The van der Waals surface area contributed by atoms with Crippen LogP contribution in [-0.2, 0) is 7.05 Å². The van der Waals surface area contributed by atoms with E-state index in [4.69, 9.17) is 4.74 Å². The first-order valence-electron chi connectivity index (χ1n) is 8.14. The molecule has 2 aliphatic heterocycles. The van der Waals surface area contributed by atoms with Crippen LogP contribution in [0.5, 0.6) is 5.75 Å². The molecule has 3 heterocycles. The van der Waals surface area contributed by atoms with Gasteiger partial charge in [0, 0.05) is 36.3 Å². The van der Waals surface area contributed by atoms with Gasteiger partial charge in [0.1, 0.15) is 6.61 Å². The van der Waals surface area contributed by atoms with Crippen molar-refractivity contribution < 1.29 is 4.74 Å². The van der Waals surface area contributed by atoms with Gasteiger partial charge < -0.3 is 19.5 Å². The highest BCUT2D eigenvalue weighted by molar-refractivity contribution is 6.00. The van der Waals surface area contributed by atoms with Gasteiger partial charge in [-0.1, -0.05) is 6.58 Å². The molecule has 5 nitrogen and oxygen atoms in total. The summed E-state index contributed by atoms with van der Waals surface area (Å²) >= 11 is 0. The van der Waals surface area contributed by atoms with E-state index in [0.717, 1.165) is 45.7 Å². The molecule has 0 bridgehead atoms. The van der Waals surface area contributed by atoms with Gasteiger partial charge in [-0.3, -0.25) is 4.79 Å². The summed E-state index contributed by atoms with van der Waals surface area (Å²) in [6, 6.07) is 5.80. The zero-order valence-corrected chi connectivity index (χ0v) is 14.2. The zero-order chi connectivity index (χ0) is 17.0. The maximum absolute atomic E-state index is 12.1. The number of nitrogens with one attached hydrogen (secondary N) is 1. The van der Waals surface area contributed by atoms with Crippen LogP contribution in [0.2, 0.25) is 0 Å². The van der Waals surface area contributed by atoms with Crippen molar-refractivity contribution in [2.45, 2.75) is 13.0 Å². The molecule has 1 N–H and O–H groups in total. The molecule has 0 spiro atoms. The molecule has 124 valence electrons. The van der Waals surface area contributed by atoms with Crippen molar-refractivity contribution in [3.63, 3.8) is 0 Å². The van der Waals surface area contributed by atoms with Crippen molar-refractivity contribution in [2.24, 2.45) is 7.05 Å². The molecule has 1 unspecified atom stereocenters. The summed E-state index contributed by atoms with van der Waals surface area (Å²) in [7, 11) is 3.73. The Morgan fingerprint density at radius 3 is 2.96 bits per heavy atom. The quantitative estimate of drug-likeness (QED) is 0.921. The van der Waals surface area contributed by atoms with E-state index in [1.54, 1.807) is 17.7 Å². The zero-order valence-electron chi connectivity index (χ0n) is 14.2. The number of ether oxygens (including phenoxy) is 1. The molecule has 4 rings (SSSR count). The van der Waals surface area contributed by atoms with Crippen LogP contribution in [0.1, 0.15) is 12.5 Å². The van der Waals surface area contributed by atoms with Crippen LogP contribution in [0.25, 0.3) is 16.5 Å². The first-order valence-corrected chi connectivity index (χ1v) is 8.14. The van der Waals surface area contributed by atoms with E-state index >= 15 is 0 Å². The second-order valence-corrected chi connectivity index (χ2v) is 6.48. The smallest absolute Gasteiger partial charge is 0.250 e. The van der Waals surface area contributed by atoms with Crippen molar-refractivity contribution in [1.29, 1.82) is 0 Å². The van der Waals surface area contributed by atoms with E-state index in [-0.39, 0.29) is 11.6 Å². The van der Waals surface area contributed by atoms with Crippen molar-refractivity contribution >= 4 is 22.2 Å². The Bertz CT molecular complexity index is 955. The largest absolute Gasteiger partial charge is 0.487 e. The number of pyridine rings is 1. The average Bonchev–Trinajstić information content (AvgIpc) is 2.56. The molecule has 5 heteroatoms. The standard InChI is InChI=1S/C19H21N3O2/c1-11-7-12(2)22-14(9-20-3)10-24-19-17-13(8-15(11)18(19)22)5-6-16(23)21(17)4/h5-8,14,20H,2,9-10H2,1,3-4H3. The monoisotopic (exact) mass is 323 g/mol. The van der Waals surface area contributed by atoms with Gasteiger partial charge in [0.2, 0.25) is 0 Å². The maximum Gasteiger partial charge on any atom is 0.250 e. The van der Waals surface area contributed by atoms with Gasteiger partial charge in [-0.15, -0.1) is 0 Å². The molecule has 0 amide bonds. The summed E-state index contributed by atoms with van der Waals surface area (Å²) in [6.45, 7) is 7.69. The fourth-order valence-corrected chi connectivity index (χ4v) is 3.79. The summed E-state index contributed by atoms with van der Waals surface area (Å²) in [4.78, 5) is 14.4. The highest BCUT2D eigenvalue weighted by atomic mass is 16.5. The lowest BCUT2D eigenvalue weighted by Crippen LogP contribution is -2.48. The number of benzene rings is 1. The fourth-order valence-electron chi connectivity index (χ4n) is 3.79. The Morgan fingerprint density at radius 1 is 1.42 bits per heavy atom. The number of hydrogen-bond donors (Lipinski definition) is 1. The minimum absolute atomic E-state index is 0.0342. The first kappa shape index (κ1) is 15.0. The lowest BCUT2D eigenvalue weighted by molar-refractivity contribution is 0.268. The molecule has 0 saturated heterocycles. The van der Waals surface area contributed by atoms with Crippen molar-refractivity contribution in [3.05, 3.63) is 52.5 Å². The van der Waals surface area contributed by atoms with Crippen molar-refractivity contribution in [1.82, 2.24) is 9.88 Å². The van der Waals surface area contributed by atoms with Gasteiger partial charge in [0.25, 0.3) is 5.56 Å². The van der Waals surface area contributed by atoms with Gasteiger partial charge in [0.15, 0.2) is 5.75 Å². The molecule has 24 heavy (non-hydrogen) atoms. The van der Waals surface area contributed by atoms with Gasteiger partial charge in [-0.25, -0.2) is 0 Å². The molecular weight excluding hydrogens is 302 g/mol. The highest BCUT2D eigenvalue weighted by Gasteiger charge is 2.35. The van der Waals surface area contributed by atoms with Crippen molar-refractivity contribution in [2.75, 3.05) is 25.1 Å². The molecule has 1 aromatic heterocycles. The maximum atomic E-state index is 12.1. The molecule has 0 radical (unpaired) electrons. The van der Waals surface area contributed by atoms with E-state index in [0.29, 0.717) is 6.61 Å².